The molecule has 0 amide bonds. The predicted octanol–water partition coefficient (Wildman–Crippen LogP) is 5.39. The lowest BCUT2D eigenvalue weighted by Crippen LogP contribution is -2.00. The Labute approximate surface area is 135 Å². The van der Waals surface area contributed by atoms with Gasteiger partial charge in [0, 0.05) is 22.2 Å². The summed E-state index contributed by atoms with van der Waals surface area (Å²) < 4.78 is 2.33. The number of benzene rings is 1. The minimum absolute atomic E-state index is 0.378. The molecule has 0 saturated carbocycles. The molecule has 0 aliphatic heterocycles. The third-order valence-corrected chi connectivity index (χ3v) is 4.29. The van der Waals surface area contributed by atoms with Gasteiger partial charge in [-0.15, -0.1) is 0 Å². The van der Waals surface area contributed by atoms with E-state index < -0.39 is 0 Å². The molecule has 3 heteroatoms. The summed E-state index contributed by atoms with van der Waals surface area (Å²) in [5.41, 5.74) is 3.33. The second kappa shape index (κ2) is 5.95. The number of nitrogens with zero attached hydrogens (tertiary/aromatic N) is 1. The summed E-state index contributed by atoms with van der Waals surface area (Å²) >= 11 is 7.16. The summed E-state index contributed by atoms with van der Waals surface area (Å²) in [5.74, 6) is 0.378. The zero-order chi connectivity index (χ0) is 13.9. The van der Waals surface area contributed by atoms with Crippen LogP contribution in [0.1, 0.15) is 17.9 Å². The van der Waals surface area contributed by atoms with Gasteiger partial charge in [0.2, 0.25) is 0 Å². The van der Waals surface area contributed by atoms with Crippen LogP contribution in [0, 0.1) is 12.3 Å². The minimum Gasteiger partial charge on any atom is -0.197 e. The number of aromatic nitrogens is 1. The van der Waals surface area contributed by atoms with Gasteiger partial charge in [0.05, 0.1) is 5.69 Å². The molecule has 0 saturated heterocycles. The maximum Gasteiger partial charge on any atom is 0.0816 e. The molecule has 20 heavy (non-hydrogen) atoms. The summed E-state index contributed by atoms with van der Waals surface area (Å²) in [4.78, 5) is 4.24. The van der Waals surface area contributed by atoms with Crippen molar-refractivity contribution in [2.75, 3.05) is 0 Å². The topological polar surface area (TPSA) is 12.9 Å². The Morgan fingerprint density at radius 3 is 2.85 bits per heavy atom. The van der Waals surface area contributed by atoms with E-state index in [1.165, 1.54) is 10.0 Å². The first-order valence-electron chi connectivity index (χ1n) is 6.31. The lowest BCUT2D eigenvalue weighted by Gasteiger charge is -2.18. The van der Waals surface area contributed by atoms with Gasteiger partial charge in [0.15, 0.2) is 0 Å². The number of hydrogen-bond donors (Lipinski definition) is 0. The Bertz CT molecular complexity index is 674. The first-order valence-corrected chi connectivity index (χ1v) is 7.89. The van der Waals surface area contributed by atoms with E-state index in [9.17, 15) is 0 Å². The van der Waals surface area contributed by atoms with Crippen molar-refractivity contribution in [3.63, 3.8) is 0 Å². The number of allylic oxidation sites excluding steroid dienone is 4. The van der Waals surface area contributed by atoms with Crippen LogP contribution in [-0.2, 0) is 0 Å². The van der Waals surface area contributed by atoms with Crippen LogP contribution in [0.5, 0.6) is 0 Å². The van der Waals surface area contributed by atoms with Crippen LogP contribution in [0.3, 0.4) is 0 Å². The molecular weight excluding hydrogens is 378 g/mol. The molecule has 0 bridgehead atoms. The SMILES string of the molecule is BrC1=CC(c2cccc(-c3ccc#cn3)c2)CC(Br)=C1. The van der Waals surface area contributed by atoms with Gasteiger partial charge < -0.3 is 0 Å². The van der Waals surface area contributed by atoms with Crippen molar-refractivity contribution < 1.29 is 0 Å². The Kier molecular flexibility index (Phi) is 4.05. The average molecular weight is 389 g/mol. The van der Waals surface area contributed by atoms with E-state index in [2.05, 4.69) is 85.5 Å². The number of hydrogen-bond acceptors (Lipinski definition) is 1. The third kappa shape index (κ3) is 3.03. The average Bonchev–Trinajstić information content (AvgIpc) is 2.47. The molecule has 1 unspecified atom stereocenters. The zero-order valence-corrected chi connectivity index (χ0v) is 13.8. The summed E-state index contributed by atoms with van der Waals surface area (Å²) in [7, 11) is 0. The van der Waals surface area contributed by atoms with Gasteiger partial charge in [-0.1, -0.05) is 56.1 Å². The molecule has 1 heterocycles. The van der Waals surface area contributed by atoms with Crippen molar-refractivity contribution in [1.82, 2.24) is 4.98 Å². The van der Waals surface area contributed by atoms with Crippen molar-refractivity contribution in [3.05, 3.63) is 75.3 Å². The molecule has 3 rings (SSSR count). The predicted molar refractivity (Wildman–Crippen MR) is 88.7 cm³/mol. The quantitative estimate of drug-likeness (QED) is 0.671. The molecule has 1 aliphatic rings. The van der Waals surface area contributed by atoms with Crippen LogP contribution >= 0.6 is 31.9 Å². The first-order chi connectivity index (χ1) is 9.72. The van der Waals surface area contributed by atoms with E-state index in [4.69, 9.17) is 0 Å². The van der Waals surface area contributed by atoms with Gasteiger partial charge in [-0.3, -0.25) is 0 Å². The lowest BCUT2D eigenvalue weighted by molar-refractivity contribution is 0.845. The largest absolute Gasteiger partial charge is 0.197 e. The van der Waals surface area contributed by atoms with Crippen molar-refractivity contribution in [2.45, 2.75) is 12.3 Å². The molecule has 0 N–H and O–H groups in total. The van der Waals surface area contributed by atoms with Gasteiger partial charge in [-0.2, -0.15) is 4.98 Å². The highest BCUT2D eigenvalue weighted by Gasteiger charge is 2.15. The van der Waals surface area contributed by atoms with Crippen LogP contribution in [-0.4, -0.2) is 4.98 Å². The van der Waals surface area contributed by atoms with Crippen LogP contribution in [0.15, 0.2) is 57.5 Å². The summed E-state index contributed by atoms with van der Waals surface area (Å²) in [6, 6.07) is 15.1. The van der Waals surface area contributed by atoms with Gasteiger partial charge >= 0.3 is 0 Å². The van der Waals surface area contributed by atoms with E-state index in [1.54, 1.807) is 0 Å². The lowest BCUT2D eigenvalue weighted by atomic mass is 9.91. The summed E-state index contributed by atoms with van der Waals surface area (Å²) in [5, 5.41) is 0. The molecule has 1 nitrogen and oxygen atoms in total. The maximum atomic E-state index is 4.24. The molecule has 0 spiro atoms. The smallest absolute Gasteiger partial charge is 0.0816 e. The monoisotopic (exact) mass is 387 g/mol. The van der Waals surface area contributed by atoms with E-state index >= 15 is 0 Å². The van der Waals surface area contributed by atoms with Gasteiger partial charge in [0.25, 0.3) is 0 Å². The second-order valence-electron chi connectivity index (χ2n) is 4.67. The van der Waals surface area contributed by atoms with Gasteiger partial charge in [-0.25, -0.2) is 0 Å². The fourth-order valence-electron chi connectivity index (χ4n) is 2.31. The minimum atomic E-state index is 0.378. The molecule has 1 aromatic heterocycles. The van der Waals surface area contributed by atoms with Gasteiger partial charge in [0.1, 0.15) is 0 Å². The molecule has 1 aromatic carbocycles. The molecule has 0 radical (unpaired) electrons. The Balaban J connectivity index is 1.95. The maximum absolute atomic E-state index is 4.24. The van der Waals surface area contributed by atoms with Crippen LogP contribution in [0.4, 0.5) is 0 Å². The molecular formula is C17H11Br2N. The van der Waals surface area contributed by atoms with E-state index in [1.807, 2.05) is 12.1 Å². The molecule has 2 aromatic rings. The zero-order valence-electron chi connectivity index (χ0n) is 10.6. The summed E-state index contributed by atoms with van der Waals surface area (Å²) in [6.07, 6.45) is 8.09. The van der Waals surface area contributed by atoms with Crippen LogP contribution in [0.25, 0.3) is 11.3 Å². The third-order valence-electron chi connectivity index (χ3n) is 3.25. The first kappa shape index (κ1) is 13.6. The van der Waals surface area contributed by atoms with Crippen LogP contribution < -0.4 is 0 Å². The molecule has 1 aliphatic carbocycles. The summed E-state index contributed by atoms with van der Waals surface area (Å²) in [6.45, 7) is 0. The van der Waals surface area contributed by atoms with E-state index in [-0.39, 0.29) is 0 Å². The van der Waals surface area contributed by atoms with Crippen LogP contribution in [0.2, 0.25) is 0 Å². The Hall–Kier alpha value is -1.37. The molecule has 0 fully saturated rings. The fourth-order valence-corrected chi connectivity index (χ4v) is 3.81. The van der Waals surface area contributed by atoms with E-state index in [0.717, 1.165) is 22.2 Å². The van der Waals surface area contributed by atoms with E-state index in [0.29, 0.717) is 5.92 Å². The van der Waals surface area contributed by atoms with Crippen molar-refractivity contribution in [2.24, 2.45) is 0 Å². The highest BCUT2D eigenvalue weighted by atomic mass is 79.9. The highest BCUT2D eigenvalue weighted by Crippen LogP contribution is 2.36. The number of rotatable bonds is 2. The van der Waals surface area contributed by atoms with Gasteiger partial charge in [-0.05, 0) is 46.8 Å². The molecule has 98 valence electrons. The Morgan fingerprint density at radius 1 is 1.20 bits per heavy atom. The number of halogens is 2. The highest BCUT2D eigenvalue weighted by molar-refractivity contribution is 9.12. The standard InChI is InChI=1S/C17H11Br2N/c18-15-9-14(10-16(19)11-15)12-4-3-5-13(8-12)17-6-1-2-7-20-17/h1,3-6,8-9,11,14H,10H2. The van der Waals surface area contributed by atoms with Crippen molar-refractivity contribution >= 4 is 31.9 Å². The fraction of sp³-hybridized carbons (Fsp3) is 0.118. The second-order valence-corrected chi connectivity index (χ2v) is 6.60. The van der Waals surface area contributed by atoms with Crippen molar-refractivity contribution in [1.29, 1.82) is 0 Å². The molecule has 1 atom stereocenters. The van der Waals surface area contributed by atoms with Crippen molar-refractivity contribution in [3.8, 4) is 11.3 Å². The normalized spacial score (nSPS) is 18.0. The Morgan fingerprint density at radius 2 is 2.10 bits per heavy atom.